The molecule has 1 aliphatic heterocycles. The SMILES string of the molecule is CNC(=O)c1cc(S(=O)(=O)N2CCCN(c3ccc(F)cc3)CC2)cs1. The highest BCUT2D eigenvalue weighted by molar-refractivity contribution is 7.89. The van der Waals surface area contributed by atoms with Gasteiger partial charge in [-0.3, -0.25) is 4.79 Å². The summed E-state index contributed by atoms with van der Waals surface area (Å²) in [6.07, 6.45) is 0.670. The molecule has 2 aromatic rings. The number of anilines is 1. The lowest BCUT2D eigenvalue weighted by Crippen LogP contribution is -2.35. The quantitative estimate of drug-likeness (QED) is 0.858. The van der Waals surface area contributed by atoms with E-state index in [-0.39, 0.29) is 16.6 Å². The van der Waals surface area contributed by atoms with Crippen LogP contribution in [0.5, 0.6) is 0 Å². The number of halogens is 1. The molecule has 0 atom stereocenters. The molecule has 0 bridgehead atoms. The molecule has 6 nitrogen and oxygen atoms in total. The van der Waals surface area contributed by atoms with Crippen LogP contribution in [0.25, 0.3) is 0 Å². The predicted molar refractivity (Wildman–Crippen MR) is 99.7 cm³/mol. The van der Waals surface area contributed by atoms with Crippen LogP contribution >= 0.6 is 11.3 Å². The maximum Gasteiger partial charge on any atom is 0.261 e. The van der Waals surface area contributed by atoms with Crippen molar-refractivity contribution in [2.45, 2.75) is 11.3 Å². The van der Waals surface area contributed by atoms with Crippen molar-refractivity contribution in [1.29, 1.82) is 0 Å². The number of benzene rings is 1. The number of amides is 1. The van der Waals surface area contributed by atoms with Gasteiger partial charge in [-0.05, 0) is 36.8 Å². The highest BCUT2D eigenvalue weighted by Gasteiger charge is 2.28. The fourth-order valence-corrected chi connectivity index (χ4v) is 5.57. The maximum absolute atomic E-state index is 13.1. The van der Waals surface area contributed by atoms with Gasteiger partial charge in [-0.1, -0.05) is 0 Å². The molecule has 1 saturated heterocycles. The van der Waals surface area contributed by atoms with Crippen LogP contribution in [-0.2, 0) is 10.0 Å². The third-order valence-electron chi connectivity index (χ3n) is 4.31. The lowest BCUT2D eigenvalue weighted by atomic mass is 10.2. The molecule has 1 fully saturated rings. The van der Waals surface area contributed by atoms with Gasteiger partial charge in [0.2, 0.25) is 10.0 Å². The van der Waals surface area contributed by atoms with Gasteiger partial charge in [-0.25, -0.2) is 12.8 Å². The molecule has 3 rings (SSSR count). The summed E-state index contributed by atoms with van der Waals surface area (Å²) in [5.41, 5.74) is 0.878. The van der Waals surface area contributed by atoms with E-state index in [1.54, 1.807) is 12.1 Å². The zero-order valence-corrected chi connectivity index (χ0v) is 15.9. The molecule has 1 aromatic carbocycles. The molecule has 1 aliphatic rings. The van der Waals surface area contributed by atoms with Crippen molar-refractivity contribution < 1.29 is 17.6 Å². The zero-order chi connectivity index (χ0) is 18.7. The topological polar surface area (TPSA) is 69.7 Å². The number of nitrogens with one attached hydrogen (secondary N) is 1. The molecule has 1 N–H and O–H groups in total. The van der Waals surface area contributed by atoms with Crippen LogP contribution in [0.15, 0.2) is 40.6 Å². The Morgan fingerprint density at radius 2 is 1.88 bits per heavy atom. The molecule has 9 heteroatoms. The highest BCUT2D eigenvalue weighted by atomic mass is 32.2. The van der Waals surface area contributed by atoms with Crippen molar-refractivity contribution in [2.75, 3.05) is 38.1 Å². The van der Waals surface area contributed by atoms with Gasteiger partial charge in [0.05, 0.1) is 9.77 Å². The van der Waals surface area contributed by atoms with Crippen molar-refractivity contribution in [3.05, 3.63) is 46.4 Å². The first-order chi connectivity index (χ1) is 12.4. The first-order valence-electron chi connectivity index (χ1n) is 8.23. The summed E-state index contributed by atoms with van der Waals surface area (Å²) in [6, 6.07) is 7.63. The molecule has 26 heavy (non-hydrogen) atoms. The maximum atomic E-state index is 13.1. The Labute approximate surface area is 156 Å². The van der Waals surface area contributed by atoms with E-state index in [4.69, 9.17) is 0 Å². The molecule has 1 amide bonds. The summed E-state index contributed by atoms with van der Waals surface area (Å²) in [4.78, 5) is 14.2. The third-order valence-corrected chi connectivity index (χ3v) is 7.27. The second-order valence-electron chi connectivity index (χ2n) is 5.95. The smallest absolute Gasteiger partial charge is 0.261 e. The molecule has 1 aromatic heterocycles. The van der Waals surface area contributed by atoms with Gasteiger partial charge in [0.15, 0.2) is 0 Å². The van der Waals surface area contributed by atoms with Crippen molar-refractivity contribution in [3.8, 4) is 0 Å². The van der Waals surface area contributed by atoms with Gasteiger partial charge in [0.1, 0.15) is 5.82 Å². The Morgan fingerprint density at radius 1 is 1.15 bits per heavy atom. The normalized spacial score (nSPS) is 16.3. The lowest BCUT2D eigenvalue weighted by molar-refractivity contribution is 0.0967. The number of sulfonamides is 1. The first-order valence-corrected chi connectivity index (χ1v) is 10.5. The summed E-state index contributed by atoms with van der Waals surface area (Å²) < 4.78 is 40.3. The molecule has 0 unspecified atom stereocenters. The van der Waals surface area contributed by atoms with Gasteiger partial charge in [-0.15, -0.1) is 11.3 Å². The van der Waals surface area contributed by atoms with E-state index in [1.807, 2.05) is 0 Å². The fourth-order valence-electron chi connectivity index (χ4n) is 2.89. The van der Waals surface area contributed by atoms with Gasteiger partial charge in [-0.2, -0.15) is 4.31 Å². The summed E-state index contributed by atoms with van der Waals surface area (Å²) in [5, 5.41) is 4.00. The molecule has 0 spiro atoms. The summed E-state index contributed by atoms with van der Waals surface area (Å²) in [6.45, 7) is 1.97. The number of hydrogen-bond donors (Lipinski definition) is 1. The Bertz CT molecular complexity index is 881. The molecular formula is C17H20FN3O3S2. The van der Waals surface area contributed by atoms with E-state index in [0.717, 1.165) is 17.0 Å². The Hall–Kier alpha value is -1.97. The highest BCUT2D eigenvalue weighted by Crippen LogP contribution is 2.25. The molecular weight excluding hydrogens is 377 g/mol. The van der Waals surface area contributed by atoms with E-state index in [2.05, 4.69) is 10.2 Å². The minimum Gasteiger partial charge on any atom is -0.370 e. The molecule has 0 saturated carbocycles. The van der Waals surface area contributed by atoms with Crippen molar-refractivity contribution in [3.63, 3.8) is 0 Å². The van der Waals surface area contributed by atoms with Gasteiger partial charge in [0.25, 0.3) is 5.91 Å². The minimum atomic E-state index is -3.64. The van der Waals surface area contributed by atoms with Crippen LogP contribution in [0.2, 0.25) is 0 Å². The summed E-state index contributed by atoms with van der Waals surface area (Å²) in [7, 11) is -2.13. The number of carbonyl (C=O) groups is 1. The van der Waals surface area contributed by atoms with Crippen LogP contribution < -0.4 is 10.2 Å². The largest absolute Gasteiger partial charge is 0.370 e. The van der Waals surface area contributed by atoms with Crippen LogP contribution in [0, 0.1) is 5.82 Å². The third kappa shape index (κ3) is 3.89. The Balaban J connectivity index is 1.74. The van der Waals surface area contributed by atoms with E-state index in [9.17, 15) is 17.6 Å². The number of carbonyl (C=O) groups excluding carboxylic acids is 1. The van der Waals surface area contributed by atoms with Crippen LogP contribution in [-0.4, -0.2) is 51.9 Å². The predicted octanol–water partition coefficient (Wildman–Crippen LogP) is 2.15. The standard InChI is InChI=1S/C17H20FN3O3S2/c1-19-17(22)16-11-15(12-25-16)26(23,24)21-8-2-7-20(9-10-21)14-5-3-13(18)4-6-14/h3-6,11-12H,2,7-10H2,1H3,(H,19,22). The van der Waals surface area contributed by atoms with Crippen molar-refractivity contribution in [2.24, 2.45) is 0 Å². The monoisotopic (exact) mass is 397 g/mol. The summed E-state index contributed by atoms with van der Waals surface area (Å²) >= 11 is 1.11. The Kier molecular flexibility index (Phi) is 5.59. The number of hydrogen-bond acceptors (Lipinski definition) is 5. The zero-order valence-electron chi connectivity index (χ0n) is 14.3. The van der Waals surface area contributed by atoms with E-state index in [1.165, 1.54) is 34.9 Å². The fraction of sp³-hybridized carbons (Fsp3) is 0.353. The Morgan fingerprint density at radius 3 is 2.58 bits per heavy atom. The average Bonchev–Trinajstić information content (AvgIpc) is 3.01. The van der Waals surface area contributed by atoms with E-state index >= 15 is 0 Å². The second-order valence-corrected chi connectivity index (χ2v) is 8.80. The number of thiophene rings is 1. The lowest BCUT2D eigenvalue weighted by Gasteiger charge is -2.23. The molecule has 140 valence electrons. The summed E-state index contributed by atoms with van der Waals surface area (Å²) in [5.74, 6) is -0.591. The van der Waals surface area contributed by atoms with Gasteiger partial charge < -0.3 is 10.2 Å². The molecule has 0 radical (unpaired) electrons. The number of nitrogens with zero attached hydrogens (tertiary/aromatic N) is 2. The van der Waals surface area contributed by atoms with Crippen LogP contribution in [0.3, 0.4) is 0 Å². The van der Waals surface area contributed by atoms with E-state index in [0.29, 0.717) is 37.5 Å². The van der Waals surface area contributed by atoms with Gasteiger partial charge in [0, 0.05) is 44.3 Å². The second kappa shape index (κ2) is 7.73. The average molecular weight is 397 g/mol. The van der Waals surface area contributed by atoms with Gasteiger partial charge >= 0.3 is 0 Å². The minimum absolute atomic E-state index is 0.149. The van der Waals surface area contributed by atoms with Crippen LogP contribution in [0.4, 0.5) is 10.1 Å². The molecule has 2 heterocycles. The number of rotatable bonds is 4. The van der Waals surface area contributed by atoms with E-state index < -0.39 is 10.0 Å². The molecule has 0 aliphatic carbocycles. The first kappa shape index (κ1) is 18.8. The van der Waals surface area contributed by atoms with Crippen molar-refractivity contribution >= 4 is 33.0 Å². The van der Waals surface area contributed by atoms with Crippen molar-refractivity contribution in [1.82, 2.24) is 9.62 Å². The van der Waals surface area contributed by atoms with Crippen LogP contribution in [0.1, 0.15) is 16.1 Å².